The first kappa shape index (κ1) is 31.7. The molecule has 0 radical (unpaired) electrons. The number of aromatic nitrogens is 3. The number of benzene rings is 1. The number of rotatable bonds is 11. The Balaban J connectivity index is 1.73. The Kier molecular flexibility index (Phi) is 10.4. The molecule has 1 atom stereocenters. The fraction of sp³-hybridized carbons (Fsp3) is 0.417. The van der Waals surface area contributed by atoms with E-state index in [1.165, 1.54) is 17.4 Å². The number of phosphoric acid groups is 1. The van der Waals surface area contributed by atoms with Gasteiger partial charge in [0.2, 0.25) is 0 Å². The minimum atomic E-state index is -4.85. The molecule has 1 aromatic carbocycles. The van der Waals surface area contributed by atoms with Crippen LogP contribution >= 0.6 is 30.8 Å². The number of nitrogens with zero attached hydrogens (tertiary/aromatic N) is 3. The van der Waals surface area contributed by atoms with Crippen LogP contribution in [-0.2, 0) is 13.8 Å². The van der Waals surface area contributed by atoms with Crippen LogP contribution in [0.15, 0.2) is 30.5 Å². The fourth-order valence-electron chi connectivity index (χ4n) is 3.14. The van der Waals surface area contributed by atoms with Crippen molar-refractivity contribution in [3.8, 4) is 26.9 Å². The summed E-state index contributed by atoms with van der Waals surface area (Å²) in [5, 5.41) is 14.9. The summed E-state index contributed by atoms with van der Waals surface area (Å²) in [5.41, 5.74) is 0.190. The number of carbonyl (C=O) groups excluding carboxylic acids is 1. The number of pyridine rings is 1. The van der Waals surface area contributed by atoms with Gasteiger partial charge in [-0.15, -0.1) is 10.2 Å². The molecule has 0 fully saturated rings. The third-order valence-electron chi connectivity index (χ3n) is 4.73. The average Bonchev–Trinajstić information content (AvgIpc) is 3.31. The predicted molar refractivity (Wildman–Crippen MR) is 149 cm³/mol. The Labute approximate surface area is 239 Å². The molecule has 2 aromatic heterocycles. The number of halogens is 2. The van der Waals surface area contributed by atoms with Gasteiger partial charge in [-0.1, -0.05) is 22.9 Å². The highest BCUT2D eigenvalue weighted by molar-refractivity contribution is 7.46. The van der Waals surface area contributed by atoms with Crippen molar-refractivity contribution in [2.24, 2.45) is 0 Å². The van der Waals surface area contributed by atoms with Crippen LogP contribution in [-0.4, -0.2) is 62.0 Å². The van der Waals surface area contributed by atoms with Crippen LogP contribution in [0, 0.1) is 5.82 Å². The molecule has 3 aromatic rings. The Bertz CT molecular complexity index is 1360. The molecule has 0 aliphatic heterocycles. The van der Waals surface area contributed by atoms with Crippen LogP contribution in [0.2, 0.25) is 5.02 Å². The second-order valence-corrected chi connectivity index (χ2v) is 12.5. The summed E-state index contributed by atoms with van der Waals surface area (Å²) in [7, 11) is -4.85. The van der Waals surface area contributed by atoms with E-state index in [9.17, 15) is 13.8 Å². The van der Waals surface area contributed by atoms with Crippen LogP contribution < -0.4 is 15.4 Å². The van der Waals surface area contributed by atoms with E-state index in [1.807, 2.05) is 26.0 Å². The summed E-state index contributed by atoms with van der Waals surface area (Å²) in [6.07, 6.45) is 0.781. The lowest BCUT2D eigenvalue weighted by atomic mass is 10.2. The van der Waals surface area contributed by atoms with Crippen molar-refractivity contribution in [1.29, 1.82) is 0 Å². The smallest absolute Gasteiger partial charge is 0.469 e. The number of anilines is 1. The van der Waals surface area contributed by atoms with E-state index in [0.717, 1.165) is 17.4 Å². The average molecular weight is 618 g/mol. The first-order valence-corrected chi connectivity index (χ1v) is 14.7. The molecule has 16 heteroatoms. The zero-order valence-corrected chi connectivity index (χ0v) is 24.8. The van der Waals surface area contributed by atoms with E-state index in [1.54, 1.807) is 27.0 Å². The third kappa shape index (κ3) is 9.95. The standard InChI is InChI=1S/C24H30ClFN5O7PS/c1-13(2)28-20-7-6-14(10-27-20)21-30-31-22(40-21)16-8-18(26)19(9-17(16)25)36-11-15(12-37-39(33,34)35)29-23(32)38-24(3,4)5/h6-10,13,15H,11-12H2,1-5H3,(H,27,28)(H,29,32)(H2,33,34,35)/t15-/m0/s1. The van der Waals surface area contributed by atoms with Gasteiger partial charge in [0.1, 0.15) is 28.0 Å². The minimum Gasteiger partial charge on any atom is -0.488 e. The largest absolute Gasteiger partial charge is 0.488 e. The molecule has 40 heavy (non-hydrogen) atoms. The highest BCUT2D eigenvalue weighted by Crippen LogP contribution is 2.38. The van der Waals surface area contributed by atoms with Gasteiger partial charge in [-0.2, -0.15) is 0 Å². The van der Waals surface area contributed by atoms with Gasteiger partial charge in [-0.05, 0) is 52.8 Å². The third-order valence-corrected chi connectivity index (χ3v) is 6.53. The molecule has 2 heterocycles. The number of hydrogen-bond donors (Lipinski definition) is 4. The number of ether oxygens (including phenoxy) is 2. The Morgan fingerprint density at radius 3 is 2.48 bits per heavy atom. The first-order valence-electron chi connectivity index (χ1n) is 12.0. The molecule has 12 nitrogen and oxygen atoms in total. The van der Waals surface area contributed by atoms with Gasteiger partial charge >= 0.3 is 13.9 Å². The molecule has 0 saturated carbocycles. The molecule has 218 valence electrons. The number of amides is 1. The van der Waals surface area contributed by atoms with Crippen molar-refractivity contribution in [2.75, 3.05) is 18.5 Å². The maximum Gasteiger partial charge on any atom is 0.469 e. The maximum absolute atomic E-state index is 15.0. The number of carbonyl (C=O) groups is 1. The van der Waals surface area contributed by atoms with Crippen molar-refractivity contribution in [3.63, 3.8) is 0 Å². The van der Waals surface area contributed by atoms with Crippen molar-refractivity contribution >= 4 is 42.7 Å². The molecule has 0 bridgehead atoms. The van der Waals surface area contributed by atoms with Crippen molar-refractivity contribution in [2.45, 2.75) is 52.3 Å². The fourth-order valence-corrected chi connectivity index (χ4v) is 4.67. The van der Waals surface area contributed by atoms with Gasteiger partial charge in [0, 0.05) is 29.4 Å². The second kappa shape index (κ2) is 13.2. The quantitative estimate of drug-likeness (QED) is 0.207. The molecule has 0 unspecified atom stereocenters. The number of hydrogen-bond acceptors (Lipinski definition) is 10. The lowest BCUT2D eigenvalue weighted by Gasteiger charge is -2.24. The summed E-state index contributed by atoms with van der Waals surface area (Å²) in [6, 6.07) is 5.18. The summed E-state index contributed by atoms with van der Waals surface area (Å²) >= 11 is 7.61. The minimum absolute atomic E-state index is 0.122. The van der Waals surface area contributed by atoms with E-state index >= 15 is 0 Å². The van der Waals surface area contributed by atoms with E-state index in [-0.39, 0.29) is 22.4 Å². The molecule has 1 amide bonds. The summed E-state index contributed by atoms with van der Waals surface area (Å²) in [4.78, 5) is 34.5. The SMILES string of the molecule is CC(C)Nc1ccc(-c2nnc(-c3cc(F)c(OC[C@@H](COP(=O)(O)O)NC(=O)OC(C)(C)C)cc3Cl)s2)cn1. The molecular weight excluding hydrogens is 588 g/mol. The highest BCUT2D eigenvalue weighted by atomic mass is 35.5. The molecule has 3 rings (SSSR count). The number of nitrogens with one attached hydrogen (secondary N) is 2. The van der Waals surface area contributed by atoms with Crippen molar-refractivity contribution in [3.05, 3.63) is 41.3 Å². The van der Waals surface area contributed by atoms with Crippen LogP contribution in [0.3, 0.4) is 0 Å². The normalized spacial score (nSPS) is 12.8. The maximum atomic E-state index is 15.0. The highest BCUT2D eigenvalue weighted by Gasteiger charge is 2.24. The summed E-state index contributed by atoms with van der Waals surface area (Å²) in [6.45, 7) is 7.89. The van der Waals surface area contributed by atoms with Gasteiger partial charge < -0.3 is 29.9 Å². The van der Waals surface area contributed by atoms with Gasteiger partial charge in [-0.3, -0.25) is 4.52 Å². The Hall–Kier alpha value is -2.87. The van der Waals surface area contributed by atoms with E-state index in [4.69, 9.17) is 30.9 Å². The lowest BCUT2D eigenvalue weighted by molar-refractivity contribution is 0.0452. The zero-order valence-electron chi connectivity index (χ0n) is 22.3. The molecule has 0 aliphatic rings. The van der Waals surface area contributed by atoms with Gasteiger partial charge in [-0.25, -0.2) is 18.7 Å². The summed E-state index contributed by atoms with van der Waals surface area (Å²) in [5.74, 6) is -0.321. The molecule has 4 N–H and O–H groups in total. The number of phosphoric ester groups is 1. The zero-order chi connectivity index (χ0) is 29.7. The number of alkyl carbamates (subject to hydrolysis) is 1. The van der Waals surface area contributed by atoms with Crippen molar-refractivity contribution < 1.29 is 37.5 Å². The second-order valence-electron chi connectivity index (χ2n) is 9.85. The van der Waals surface area contributed by atoms with Crippen LogP contribution in [0.25, 0.3) is 21.1 Å². The molecule has 0 aliphatic carbocycles. The van der Waals surface area contributed by atoms with Crippen LogP contribution in [0.4, 0.5) is 15.0 Å². The molecule has 0 saturated heterocycles. The Morgan fingerprint density at radius 1 is 1.18 bits per heavy atom. The van der Waals surface area contributed by atoms with E-state index < -0.39 is 44.6 Å². The van der Waals surface area contributed by atoms with Gasteiger partial charge in [0.15, 0.2) is 11.6 Å². The predicted octanol–water partition coefficient (Wildman–Crippen LogP) is 5.26. The Morgan fingerprint density at radius 2 is 1.88 bits per heavy atom. The van der Waals surface area contributed by atoms with Crippen molar-refractivity contribution in [1.82, 2.24) is 20.5 Å². The lowest BCUT2D eigenvalue weighted by Crippen LogP contribution is -2.44. The van der Waals surface area contributed by atoms with Gasteiger partial charge in [0.05, 0.1) is 17.7 Å². The monoisotopic (exact) mass is 617 g/mol. The van der Waals surface area contributed by atoms with Gasteiger partial charge in [0.25, 0.3) is 0 Å². The summed E-state index contributed by atoms with van der Waals surface area (Å²) < 4.78 is 41.2. The van der Waals surface area contributed by atoms with Crippen LogP contribution in [0.5, 0.6) is 5.75 Å². The first-order chi connectivity index (χ1) is 18.6. The molecule has 0 spiro atoms. The molecular formula is C24H30ClFN5O7PS. The van der Waals surface area contributed by atoms with E-state index in [2.05, 4.69) is 30.3 Å². The topological polar surface area (TPSA) is 165 Å². The van der Waals surface area contributed by atoms with E-state index in [0.29, 0.717) is 10.0 Å². The van der Waals surface area contributed by atoms with Crippen LogP contribution in [0.1, 0.15) is 34.6 Å².